The largest absolute Gasteiger partial charge is 0.493 e. The summed E-state index contributed by atoms with van der Waals surface area (Å²) < 4.78 is 24.3. The Morgan fingerprint density at radius 2 is 1.82 bits per heavy atom. The lowest BCUT2D eigenvalue weighted by atomic mass is 10.1. The van der Waals surface area contributed by atoms with Gasteiger partial charge in [0.15, 0.2) is 18.1 Å². The molecule has 33 heavy (non-hydrogen) atoms. The first-order chi connectivity index (χ1) is 16.0. The summed E-state index contributed by atoms with van der Waals surface area (Å²) in [7, 11) is 1.54. The van der Waals surface area contributed by atoms with Crippen molar-refractivity contribution in [3.8, 4) is 11.5 Å². The molecule has 0 fully saturated rings. The van der Waals surface area contributed by atoms with Gasteiger partial charge in [0.25, 0.3) is 11.8 Å². The van der Waals surface area contributed by atoms with Gasteiger partial charge in [-0.2, -0.15) is 0 Å². The number of methoxy groups -OCH3 is 1. The van der Waals surface area contributed by atoms with Gasteiger partial charge in [0.05, 0.1) is 7.11 Å². The third-order valence-electron chi connectivity index (χ3n) is 4.67. The van der Waals surface area contributed by atoms with E-state index in [4.69, 9.17) is 9.47 Å². The minimum Gasteiger partial charge on any atom is -0.493 e. The molecule has 3 aromatic rings. The first-order valence-electron chi connectivity index (χ1n) is 10.3. The van der Waals surface area contributed by atoms with Gasteiger partial charge in [-0.05, 0) is 60.5 Å². The molecule has 3 aromatic carbocycles. The molecule has 0 unspecified atom stereocenters. The average Bonchev–Trinajstić information content (AvgIpc) is 2.82. The quantitative estimate of drug-likeness (QED) is 0.492. The van der Waals surface area contributed by atoms with Crippen LogP contribution >= 0.6 is 0 Å². The van der Waals surface area contributed by atoms with Gasteiger partial charge < -0.3 is 20.1 Å². The van der Waals surface area contributed by atoms with Crippen molar-refractivity contribution < 1.29 is 23.5 Å². The van der Waals surface area contributed by atoms with Gasteiger partial charge in [0.2, 0.25) is 0 Å². The fourth-order valence-electron chi connectivity index (χ4n) is 3.09. The number of benzene rings is 3. The van der Waals surface area contributed by atoms with Crippen molar-refractivity contribution in [1.82, 2.24) is 5.32 Å². The Kier molecular flexibility index (Phi) is 8.18. The van der Waals surface area contributed by atoms with Crippen molar-refractivity contribution in [3.63, 3.8) is 0 Å². The lowest BCUT2D eigenvalue weighted by Gasteiger charge is -2.12. The van der Waals surface area contributed by atoms with Crippen LogP contribution in [0.3, 0.4) is 0 Å². The highest BCUT2D eigenvalue weighted by Gasteiger charge is 2.10. The Hall–Kier alpha value is -4.13. The summed E-state index contributed by atoms with van der Waals surface area (Å²) in [6.07, 6.45) is 3.86. The summed E-state index contributed by atoms with van der Waals surface area (Å²) in [4.78, 5) is 24.5. The van der Waals surface area contributed by atoms with Crippen molar-refractivity contribution in [3.05, 3.63) is 95.3 Å². The second-order valence-corrected chi connectivity index (χ2v) is 7.14. The van der Waals surface area contributed by atoms with E-state index in [1.54, 1.807) is 31.4 Å². The van der Waals surface area contributed by atoms with Crippen LogP contribution in [-0.2, 0) is 11.3 Å². The zero-order chi connectivity index (χ0) is 23.6. The average molecular weight is 448 g/mol. The number of hydrogen-bond donors (Lipinski definition) is 2. The minimum absolute atomic E-state index is 0.171. The molecule has 0 aliphatic carbocycles. The fourth-order valence-corrected chi connectivity index (χ4v) is 3.09. The number of carbonyl (C=O) groups excluding carboxylic acids is 2. The molecule has 3 rings (SSSR count). The van der Waals surface area contributed by atoms with Crippen LogP contribution in [0.4, 0.5) is 10.1 Å². The monoisotopic (exact) mass is 448 g/mol. The van der Waals surface area contributed by atoms with E-state index in [9.17, 15) is 14.0 Å². The summed E-state index contributed by atoms with van der Waals surface area (Å²) in [5.74, 6) is -0.182. The van der Waals surface area contributed by atoms with Gasteiger partial charge in [0, 0.05) is 17.8 Å². The van der Waals surface area contributed by atoms with Crippen LogP contribution in [0.5, 0.6) is 11.5 Å². The van der Waals surface area contributed by atoms with E-state index in [0.717, 1.165) is 11.1 Å². The smallest absolute Gasteiger partial charge is 0.258 e. The number of amides is 2. The second-order valence-electron chi connectivity index (χ2n) is 7.14. The minimum atomic E-state index is -0.479. The molecule has 6 nitrogen and oxygen atoms in total. The van der Waals surface area contributed by atoms with Gasteiger partial charge >= 0.3 is 0 Å². The molecule has 7 heteroatoms. The van der Waals surface area contributed by atoms with Crippen LogP contribution in [0.15, 0.2) is 72.8 Å². The van der Waals surface area contributed by atoms with Crippen molar-refractivity contribution >= 4 is 23.6 Å². The molecular formula is C26H25FN2O4. The molecule has 0 saturated heterocycles. The number of hydrogen-bond acceptors (Lipinski definition) is 4. The number of nitrogens with one attached hydrogen (secondary N) is 2. The number of halogens is 1. The van der Waals surface area contributed by atoms with E-state index in [0.29, 0.717) is 17.2 Å². The van der Waals surface area contributed by atoms with Gasteiger partial charge in [-0.25, -0.2) is 4.39 Å². The summed E-state index contributed by atoms with van der Waals surface area (Å²) in [6, 6.07) is 18.0. The van der Waals surface area contributed by atoms with Crippen LogP contribution in [0.1, 0.15) is 28.4 Å². The van der Waals surface area contributed by atoms with Crippen LogP contribution in [-0.4, -0.2) is 25.5 Å². The zero-order valence-electron chi connectivity index (χ0n) is 18.4. The lowest BCUT2D eigenvalue weighted by molar-refractivity contribution is -0.123. The van der Waals surface area contributed by atoms with E-state index < -0.39 is 11.7 Å². The van der Waals surface area contributed by atoms with Gasteiger partial charge in [-0.1, -0.05) is 36.4 Å². The van der Waals surface area contributed by atoms with Gasteiger partial charge in [0.1, 0.15) is 5.82 Å². The van der Waals surface area contributed by atoms with Gasteiger partial charge in [-0.3, -0.25) is 9.59 Å². The summed E-state index contributed by atoms with van der Waals surface area (Å²) in [5.41, 5.74) is 2.52. The maximum absolute atomic E-state index is 13.3. The number of allylic oxidation sites excluding steroid dienone is 1. The molecular weight excluding hydrogens is 423 g/mol. The highest BCUT2D eigenvalue weighted by atomic mass is 19.1. The van der Waals surface area contributed by atoms with E-state index in [-0.39, 0.29) is 24.6 Å². The van der Waals surface area contributed by atoms with Crippen molar-refractivity contribution in [2.75, 3.05) is 19.0 Å². The normalized spacial score (nSPS) is 10.6. The second kappa shape index (κ2) is 11.5. The highest BCUT2D eigenvalue weighted by molar-refractivity contribution is 6.04. The molecule has 0 heterocycles. The van der Waals surface area contributed by atoms with E-state index in [2.05, 4.69) is 10.6 Å². The Balaban J connectivity index is 1.53. The molecule has 2 N–H and O–H groups in total. The number of anilines is 1. The molecule has 0 spiro atoms. The topological polar surface area (TPSA) is 76.7 Å². The Bertz CT molecular complexity index is 1160. The Morgan fingerprint density at radius 1 is 1.00 bits per heavy atom. The predicted molar refractivity (Wildman–Crippen MR) is 126 cm³/mol. The summed E-state index contributed by atoms with van der Waals surface area (Å²) >= 11 is 0. The molecule has 2 amide bonds. The third-order valence-corrected chi connectivity index (χ3v) is 4.67. The Labute approximate surface area is 192 Å². The summed E-state index contributed by atoms with van der Waals surface area (Å²) in [5, 5.41) is 5.50. The molecule has 0 saturated carbocycles. The van der Waals surface area contributed by atoms with E-state index in [1.165, 1.54) is 24.3 Å². The molecule has 0 aliphatic heterocycles. The standard InChI is InChI=1S/C26H25FN2O4/c1-3-6-18-11-12-23(24(14-18)32-2)33-17-25(30)28-16-19-7-4-10-22(13-19)29-26(31)20-8-5-9-21(27)15-20/h3-15H,16-17H2,1-2H3,(H,28,30)(H,29,31)/b6-3+. The lowest BCUT2D eigenvalue weighted by Crippen LogP contribution is -2.28. The number of rotatable bonds is 9. The first kappa shape index (κ1) is 23.5. The maximum atomic E-state index is 13.3. The molecule has 0 bridgehead atoms. The van der Waals surface area contributed by atoms with E-state index >= 15 is 0 Å². The van der Waals surface area contributed by atoms with Crippen LogP contribution < -0.4 is 20.1 Å². The van der Waals surface area contributed by atoms with Gasteiger partial charge in [-0.15, -0.1) is 0 Å². The SMILES string of the molecule is C/C=C/c1ccc(OCC(=O)NCc2cccc(NC(=O)c3cccc(F)c3)c2)c(OC)c1. The molecule has 0 aromatic heterocycles. The fraction of sp³-hybridized carbons (Fsp3) is 0.154. The predicted octanol–water partition coefficient (Wildman–Crippen LogP) is 4.81. The van der Waals surface area contributed by atoms with E-state index in [1.807, 2.05) is 37.3 Å². The molecule has 0 aliphatic rings. The molecule has 170 valence electrons. The number of carbonyl (C=O) groups is 2. The molecule has 0 radical (unpaired) electrons. The zero-order valence-corrected chi connectivity index (χ0v) is 18.4. The van der Waals surface area contributed by atoms with Crippen LogP contribution in [0.2, 0.25) is 0 Å². The third kappa shape index (κ3) is 6.93. The maximum Gasteiger partial charge on any atom is 0.258 e. The first-order valence-corrected chi connectivity index (χ1v) is 10.3. The Morgan fingerprint density at radius 3 is 2.58 bits per heavy atom. The molecule has 0 atom stereocenters. The summed E-state index contributed by atoms with van der Waals surface area (Å²) in [6.45, 7) is 2.01. The van der Waals surface area contributed by atoms with Crippen molar-refractivity contribution in [1.29, 1.82) is 0 Å². The number of ether oxygens (including phenoxy) is 2. The van der Waals surface area contributed by atoms with Crippen LogP contribution in [0, 0.1) is 5.82 Å². The van der Waals surface area contributed by atoms with Crippen molar-refractivity contribution in [2.24, 2.45) is 0 Å². The highest BCUT2D eigenvalue weighted by Crippen LogP contribution is 2.28. The van der Waals surface area contributed by atoms with Crippen LogP contribution in [0.25, 0.3) is 6.08 Å². The van der Waals surface area contributed by atoms with Crippen molar-refractivity contribution in [2.45, 2.75) is 13.5 Å².